The van der Waals surface area contributed by atoms with Crippen molar-refractivity contribution in [2.75, 3.05) is 0 Å². The second-order valence-corrected chi connectivity index (χ2v) is 4.67. The van der Waals surface area contributed by atoms with Gasteiger partial charge in [0, 0.05) is 11.2 Å². The minimum Gasteiger partial charge on any atom is -0.439 e. The lowest BCUT2D eigenvalue weighted by Crippen LogP contribution is -2.20. The molecular weight excluding hydrogens is 262 g/mol. The first-order valence-electron chi connectivity index (χ1n) is 5.71. The average molecular weight is 272 g/mol. The van der Waals surface area contributed by atoms with E-state index in [-0.39, 0.29) is 11.8 Å². The highest BCUT2D eigenvalue weighted by Crippen LogP contribution is 2.41. The maximum absolute atomic E-state index is 9.30. The smallest absolute Gasteiger partial charge is 0.205 e. The zero-order valence-electron chi connectivity index (χ0n) is 9.85. The fourth-order valence-electron chi connectivity index (χ4n) is 2.25. The number of nitriles is 1. The molecule has 0 aliphatic carbocycles. The van der Waals surface area contributed by atoms with Gasteiger partial charge in [0.25, 0.3) is 0 Å². The zero-order chi connectivity index (χ0) is 13.4. The summed E-state index contributed by atoms with van der Waals surface area (Å²) in [4.78, 5) is 3.11. The molecule has 1 aromatic heterocycles. The summed E-state index contributed by atoms with van der Waals surface area (Å²) in [7, 11) is 0. The van der Waals surface area contributed by atoms with E-state index >= 15 is 0 Å². The summed E-state index contributed by atoms with van der Waals surface area (Å²) in [5, 5.41) is 9.95. The third-order valence-corrected chi connectivity index (χ3v) is 3.38. The molecule has 1 aliphatic heterocycles. The first kappa shape index (κ1) is 11.7. The molecular formula is C14H10ClN3O. The number of nitrogens with one attached hydrogen (secondary N) is 1. The first-order chi connectivity index (χ1) is 9.20. The van der Waals surface area contributed by atoms with Crippen LogP contribution in [0.5, 0.6) is 5.75 Å². The molecule has 2 aromatic rings. The second kappa shape index (κ2) is 4.38. The van der Waals surface area contributed by atoms with E-state index in [0.29, 0.717) is 16.3 Å². The minimum absolute atomic E-state index is 0.148. The number of hydrogen-bond donors (Lipinski definition) is 2. The number of ether oxygens (including phenoxy) is 1. The highest BCUT2D eigenvalue weighted by atomic mass is 35.5. The quantitative estimate of drug-likeness (QED) is 0.837. The molecule has 1 aliphatic rings. The molecule has 0 saturated carbocycles. The summed E-state index contributed by atoms with van der Waals surface area (Å²) >= 11 is 5.89. The van der Waals surface area contributed by atoms with E-state index < -0.39 is 0 Å². The highest BCUT2D eigenvalue weighted by molar-refractivity contribution is 6.30. The summed E-state index contributed by atoms with van der Waals surface area (Å²) in [5.41, 5.74) is 7.98. The number of benzene rings is 1. The van der Waals surface area contributed by atoms with Crippen molar-refractivity contribution in [3.8, 4) is 11.8 Å². The SMILES string of the molecule is N#CC1=C(N)Oc2cc[nH]c2C1c1ccc(Cl)cc1. The number of nitrogens with zero attached hydrogens (tertiary/aromatic N) is 1. The molecule has 1 atom stereocenters. The molecule has 0 bridgehead atoms. The van der Waals surface area contributed by atoms with Gasteiger partial charge in [-0.1, -0.05) is 23.7 Å². The molecule has 3 rings (SSSR count). The van der Waals surface area contributed by atoms with Gasteiger partial charge in [0.1, 0.15) is 11.6 Å². The van der Waals surface area contributed by atoms with E-state index in [1.54, 1.807) is 24.4 Å². The number of aromatic nitrogens is 1. The molecule has 2 heterocycles. The van der Waals surface area contributed by atoms with Gasteiger partial charge in [-0.25, -0.2) is 0 Å². The Bertz CT molecular complexity index is 694. The summed E-state index contributed by atoms with van der Waals surface area (Å²) in [6, 6.07) is 11.3. The minimum atomic E-state index is -0.249. The second-order valence-electron chi connectivity index (χ2n) is 4.23. The molecule has 0 spiro atoms. The number of H-pyrrole nitrogens is 1. The van der Waals surface area contributed by atoms with Gasteiger partial charge in [0.2, 0.25) is 5.88 Å². The molecule has 19 heavy (non-hydrogen) atoms. The topological polar surface area (TPSA) is 74.8 Å². The van der Waals surface area contributed by atoms with Crippen LogP contribution in [-0.4, -0.2) is 4.98 Å². The van der Waals surface area contributed by atoms with Crippen molar-refractivity contribution >= 4 is 11.6 Å². The molecule has 1 unspecified atom stereocenters. The van der Waals surface area contributed by atoms with Crippen LogP contribution >= 0.6 is 11.6 Å². The number of allylic oxidation sites excluding steroid dienone is 1. The Kier molecular flexibility index (Phi) is 2.69. The molecule has 0 saturated heterocycles. The van der Waals surface area contributed by atoms with Gasteiger partial charge in [-0.2, -0.15) is 5.26 Å². The van der Waals surface area contributed by atoms with Crippen molar-refractivity contribution in [1.82, 2.24) is 4.98 Å². The summed E-state index contributed by atoms with van der Waals surface area (Å²) in [5.74, 6) is 0.548. The maximum atomic E-state index is 9.30. The summed E-state index contributed by atoms with van der Waals surface area (Å²) in [6.07, 6.45) is 1.77. The van der Waals surface area contributed by atoms with Crippen molar-refractivity contribution in [2.24, 2.45) is 5.73 Å². The predicted molar refractivity (Wildman–Crippen MR) is 71.5 cm³/mol. The monoisotopic (exact) mass is 271 g/mol. The molecule has 4 nitrogen and oxygen atoms in total. The zero-order valence-corrected chi connectivity index (χ0v) is 10.6. The third-order valence-electron chi connectivity index (χ3n) is 3.13. The van der Waals surface area contributed by atoms with Crippen molar-refractivity contribution in [3.63, 3.8) is 0 Å². The number of hydrogen-bond acceptors (Lipinski definition) is 3. The largest absolute Gasteiger partial charge is 0.439 e. The Labute approximate surface area is 115 Å². The number of halogens is 1. The van der Waals surface area contributed by atoms with Crippen LogP contribution in [0.2, 0.25) is 5.02 Å². The van der Waals surface area contributed by atoms with Gasteiger partial charge in [0.05, 0.1) is 11.6 Å². The Morgan fingerprint density at radius 3 is 2.68 bits per heavy atom. The highest BCUT2D eigenvalue weighted by Gasteiger charge is 2.31. The van der Waals surface area contributed by atoms with E-state index in [1.165, 1.54) is 0 Å². The van der Waals surface area contributed by atoms with Crippen LogP contribution in [0.25, 0.3) is 0 Å². The van der Waals surface area contributed by atoms with E-state index in [9.17, 15) is 5.26 Å². The normalized spacial score (nSPS) is 17.6. The van der Waals surface area contributed by atoms with Crippen LogP contribution < -0.4 is 10.5 Å². The Morgan fingerprint density at radius 2 is 2.00 bits per heavy atom. The molecule has 3 N–H and O–H groups in total. The lowest BCUT2D eigenvalue weighted by molar-refractivity contribution is 0.393. The first-order valence-corrected chi connectivity index (χ1v) is 6.09. The van der Waals surface area contributed by atoms with Crippen molar-refractivity contribution in [2.45, 2.75) is 5.92 Å². The van der Waals surface area contributed by atoms with Gasteiger partial charge < -0.3 is 15.5 Å². The van der Waals surface area contributed by atoms with E-state index in [2.05, 4.69) is 11.1 Å². The van der Waals surface area contributed by atoms with Crippen LogP contribution in [0.4, 0.5) is 0 Å². The van der Waals surface area contributed by atoms with Gasteiger partial charge in [-0.15, -0.1) is 0 Å². The fraction of sp³-hybridized carbons (Fsp3) is 0.0714. The van der Waals surface area contributed by atoms with Crippen LogP contribution in [-0.2, 0) is 0 Å². The van der Waals surface area contributed by atoms with Gasteiger partial charge in [-0.05, 0) is 23.8 Å². The lowest BCUT2D eigenvalue weighted by Gasteiger charge is -2.23. The molecule has 94 valence electrons. The van der Waals surface area contributed by atoms with Gasteiger partial charge in [-0.3, -0.25) is 0 Å². The van der Waals surface area contributed by atoms with Crippen molar-refractivity contribution in [3.05, 3.63) is 64.3 Å². The van der Waals surface area contributed by atoms with Crippen molar-refractivity contribution in [1.29, 1.82) is 5.26 Å². The lowest BCUT2D eigenvalue weighted by atomic mass is 9.87. The number of aromatic amines is 1. The fourth-order valence-corrected chi connectivity index (χ4v) is 2.38. The number of nitrogens with two attached hydrogens (primary N) is 1. The van der Waals surface area contributed by atoms with E-state index in [1.807, 2.05) is 12.1 Å². The average Bonchev–Trinajstić information content (AvgIpc) is 2.86. The molecule has 5 heteroatoms. The predicted octanol–water partition coefficient (Wildman–Crippen LogP) is 2.89. The van der Waals surface area contributed by atoms with E-state index in [0.717, 1.165) is 11.3 Å². The molecule has 0 radical (unpaired) electrons. The maximum Gasteiger partial charge on any atom is 0.205 e. The molecule has 0 amide bonds. The Hall–Kier alpha value is -2.38. The summed E-state index contributed by atoms with van der Waals surface area (Å²) < 4.78 is 5.43. The van der Waals surface area contributed by atoms with Crippen LogP contribution in [0.3, 0.4) is 0 Å². The molecule has 1 aromatic carbocycles. The standard InChI is InChI=1S/C14H10ClN3O/c15-9-3-1-8(2-4-9)12-10(7-16)14(17)19-11-5-6-18-13(11)12/h1-6,12,18H,17H2. The summed E-state index contributed by atoms with van der Waals surface area (Å²) in [6.45, 7) is 0. The Balaban J connectivity index is 2.18. The Morgan fingerprint density at radius 1 is 1.26 bits per heavy atom. The van der Waals surface area contributed by atoms with Gasteiger partial charge >= 0.3 is 0 Å². The number of rotatable bonds is 1. The van der Waals surface area contributed by atoms with E-state index in [4.69, 9.17) is 22.1 Å². The van der Waals surface area contributed by atoms with Crippen molar-refractivity contribution < 1.29 is 4.74 Å². The molecule has 0 fully saturated rings. The van der Waals surface area contributed by atoms with Crippen LogP contribution in [0, 0.1) is 11.3 Å². The van der Waals surface area contributed by atoms with Crippen LogP contribution in [0.15, 0.2) is 48.0 Å². The van der Waals surface area contributed by atoms with Gasteiger partial charge in [0.15, 0.2) is 5.75 Å². The third kappa shape index (κ3) is 1.85. The number of fused-ring (bicyclic) bond motifs is 1. The van der Waals surface area contributed by atoms with Crippen LogP contribution in [0.1, 0.15) is 17.2 Å².